The molecule has 0 radical (unpaired) electrons. The van der Waals surface area contributed by atoms with E-state index in [1.807, 2.05) is 0 Å². The Balaban J connectivity index is 1.79. The molecule has 0 bridgehead atoms. The van der Waals surface area contributed by atoms with Crippen molar-refractivity contribution in [3.63, 3.8) is 0 Å². The van der Waals surface area contributed by atoms with Crippen molar-refractivity contribution in [2.75, 3.05) is 45.6 Å². The van der Waals surface area contributed by atoms with Gasteiger partial charge in [0, 0.05) is 55.1 Å². The Morgan fingerprint density at radius 3 is 2.27 bits per heavy atom. The zero-order chi connectivity index (χ0) is 35.6. The summed E-state index contributed by atoms with van der Waals surface area (Å²) in [5.74, 6) is -1.48. The van der Waals surface area contributed by atoms with Gasteiger partial charge >= 0.3 is 12.1 Å². The molecule has 270 valence electrons. The van der Waals surface area contributed by atoms with Crippen LogP contribution in [0.5, 0.6) is 0 Å². The molecule has 4 atom stereocenters. The van der Waals surface area contributed by atoms with Gasteiger partial charge < -0.3 is 25.0 Å². The third-order valence-electron chi connectivity index (χ3n) is 8.18. The lowest BCUT2D eigenvalue weighted by atomic mass is 9.83. The number of ether oxygens (including phenoxy) is 2. The fraction of sp³-hybridized carbons (Fsp3) is 0.688. The summed E-state index contributed by atoms with van der Waals surface area (Å²) in [5.41, 5.74) is -0.302. The number of rotatable bonds is 13. The number of halogens is 2. The molecule has 2 aliphatic rings. The largest absolute Gasteiger partial charge is 0.466 e. The molecule has 1 aromatic carbocycles. The van der Waals surface area contributed by atoms with Gasteiger partial charge in [0.05, 0.1) is 25.4 Å². The average Bonchev–Trinajstić information content (AvgIpc) is 2.99. The van der Waals surface area contributed by atoms with E-state index in [1.165, 1.54) is 0 Å². The van der Waals surface area contributed by atoms with Gasteiger partial charge in [-0.15, -0.1) is 0 Å². The maximum Gasteiger partial charge on any atom is 0.408 e. The number of benzene rings is 1. The van der Waals surface area contributed by atoms with Crippen molar-refractivity contribution in [1.82, 2.24) is 20.4 Å². The zero-order valence-corrected chi connectivity index (χ0v) is 30.6. The van der Waals surface area contributed by atoms with Crippen LogP contribution < -0.4 is 10.6 Å². The smallest absolute Gasteiger partial charge is 0.408 e. The van der Waals surface area contributed by atoms with Crippen LogP contribution >= 0.6 is 23.2 Å². The molecule has 3 rings (SSSR count). The Kier molecular flexibility index (Phi) is 14.8. The first-order chi connectivity index (χ1) is 22.5. The van der Waals surface area contributed by atoms with E-state index in [2.05, 4.69) is 15.5 Å². The lowest BCUT2D eigenvalue weighted by Gasteiger charge is -2.44. The van der Waals surface area contributed by atoms with Crippen LogP contribution in [0.25, 0.3) is 0 Å². The average molecular weight is 736 g/mol. The molecule has 0 spiro atoms. The van der Waals surface area contributed by atoms with Gasteiger partial charge in [0.25, 0.3) is 10.1 Å². The van der Waals surface area contributed by atoms with Gasteiger partial charge in [-0.05, 0) is 58.2 Å². The second-order valence-corrected chi connectivity index (χ2v) is 15.6. The predicted molar refractivity (Wildman–Crippen MR) is 181 cm³/mol. The molecule has 2 fully saturated rings. The molecule has 16 heteroatoms. The summed E-state index contributed by atoms with van der Waals surface area (Å²) in [6.45, 7) is 8.52. The maximum absolute atomic E-state index is 14.1. The van der Waals surface area contributed by atoms with Gasteiger partial charge in [0.1, 0.15) is 17.7 Å². The number of carbonyl (C=O) groups excluding carboxylic acids is 4. The van der Waals surface area contributed by atoms with Gasteiger partial charge in [-0.1, -0.05) is 42.1 Å². The molecule has 48 heavy (non-hydrogen) atoms. The summed E-state index contributed by atoms with van der Waals surface area (Å²) < 4.78 is 38.6. The maximum atomic E-state index is 14.1. The highest BCUT2D eigenvalue weighted by Crippen LogP contribution is 2.30. The summed E-state index contributed by atoms with van der Waals surface area (Å²) in [5, 5.41) is 5.95. The molecule has 2 unspecified atom stereocenters. The van der Waals surface area contributed by atoms with E-state index in [4.69, 9.17) is 36.9 Å². The molecule has 13 nitrogen and oxygen atoms in total. The highest BCUT2D eigenvalue weighted by atomic mass is 35.5. The van der Waals surface area contributed by atoms with Crippen molar-refractivity contribution < 1.29 is 41.3 Å². The van der Waals surface area contributed by atoms with Crippen molar-refractivity contribution in [2.45, 2.75) is 89.9 Å². The van der Waals surface area contributed by atoms with Crippen LogP contribution in [0, 0.1) is 5.92 Å². The first-order valence-electron chi connectivity index (χ1n) is 16.2. The normalized spacial score (nSPS) is 20.4. The minimum atomic E-state index is -3.82. The van der Waals surface area contributed by atoms with Crippen molar-refractivity contribution in [3.8, 4) is 0 Å². The summed E-state index contributed by atoms with van der Waals surface area (Å²) >= 11 is 12.6. The molecule has 1 heterocycles. The summed E-state index contributed by atoms with van der Waals surface area (Å²) in [7, 11) is -3.82. The second-order valence-electron chi connectivity index (χ2n) is 13.1. The van der Waals surface area contributed by atoms with Gasteiger partial charge in [0.2, 0.25) is 11.8 Å². The zero-order valence-electron chi connectivity index (χ0n) is 28.3. The van der Waals surface area contributed by atoms with E-state index >= 15 is 0 Å². The van der Waals surface area contributed by atoms with E-state index in [9.17, 15) is 27.6 Å². The number of amides is 3. The minimum Gasteiger partial charge on any atom is -0.466 e. The minimum absolute atomic E-state index is 0.0212. The van der Waals surface area contributed by atoms with Crippen LogP contribution in [0.1, 0.15) is 65.4 Å². The Labute approximate surface area is 293 Å². The Bertz CT molecular complexity index is 1400. The number of nitrogens with zero attached hydrogens (tertiary/aromatic N) is 2. The molecular formula is C32H48Cl2N4O9S. The third-order valence-corrected chi connectivity index (χ3v) is 9.36. The van der Waals surface area contributed by atoms with Crippen molar-refractivity contribution in [1.29, 1.82) is 0 Å². The van der Waals surface area contributed by atoms with Gasteiger partial charge in [-0.25, -0.2) is 4.79 Å². The highest BCUT2D eigenvalue weighted by Gasteiger charge is 2.39. The van der Waals surface area contributed by atoms with Crippen LogP contribution in [0.15, 0.2) is 18.2 Å². The molecule has 3 amide bonds. The van der Waals surface area contributed by atoms with Crippen LogP contribution in [0.2, 0.25) is 10.0 Å². The van der Waals surface area contributed by atoms with Crippen molar-refractivity contribution >= 4 is 57.2 Å². The molecule has 0 aromatic heterocycles. The molecule has 1 saturated carbocycles. The number of esters is 1. The fourth-order valence-corrected chi connectivity index (χ4v) is 6.87. The first-order valence-corrected chi connectivity index (χ1v) is 18.8. The van der Waals surface area contributed by atoms with E-state index < -0.39 is 46.4 Å². The number of hydrogen-bond donors (Lipinski definition) is 2. The summed E-state index contributed by atoms with van der Waals surface area (Å²) in [4.78, 5) is 57.0. The SMILES string of the molecule is CCOC(=O)[C@@H]1CCCC[C@H]1N1CCN(C(=O)C(Cc2ccc(Cl)cc2Cl)NC(=O)C(CCOS(C)(=O)=O)NC(=O)OC(C)(C)C)CC1. The number of hydrogen-bond acceptors (Lipinski definition) is 10. The van der Waals surface area contributed by atoms with E-state index in [-0.39, 0.29) is 36.7 Å². The quantitative estimate of drug-likeness (QED) is 0.227. The van der Waals surface area contributed by atoms with Crippen LogP contribution in [0.3, 0.4) is 0 Å². The number of carbonyl (C=O) groups is 4. The molecule has 2 N–H and O–H groups in total. The highest BCUT2D eigenvalue weighted by molar-refractivity contribution is 7.85. The van der Waals surface area contributed by atoms with Crippen LogP contribution in [0.4, 0.5) is 4.79 Å². The van der Waals surface area contributed by atoms with E-state index in [1.54, 1.807) is 50.8 Å². The Morgan fingerprint density at radius 1 is 1.00 bits per heavy atom. The van der Waals surface area contributed by atoms with Gasteiger partial charge in [-0.2, -0.15) is 8.42 Å². The number of alkyl carbamates (subject to hydrolysis) is 1. The van der Waals surface area contributed by atoms with Crippen LogP contribution in [-0.4, -0.2) is 111 Å². The molecule has 1 aromatic rings. The predicted octanol–water partition coefficient (Wildman–Crippen LogP) is 3.55. The number of piperazine rings is 1. The van der Waals surface area contributed by atoms with Crippen molar-refractivity contribution in [3.05, 3.63) is 33.8 Å². The summed E-state index contributed by atoms with van der Waals surface area (Å²) in [6.07, 6.45) is 3.41. The monoisotopic (exact) mass is 734 g/mol. The van der Waals surface area contributed by atoms with E-state index in [0.29, 0.717) is 48.4 Å². The van der Waals surface area contributed by atoms with Gasteiger partial charge in [0.15, 0.2) is 0 Å². The van der Waals surface area contributed by atoms with E-state index in [0.717, 1.165) is 31.9 Å². The molecular weight excluding hydrogens is 687 g/mol. The second kappa shape index (κ2) is 17.8. The molecule has 1 aliphatic carbocycles. The third kappa shape index (κ3) is 12.7. The molecule has 1 saturated heterocycles. The van der Waals surface area contributed by atoms with Crippen LogP contribution in [-0.2, 0) is 44.6 Å². The lowest BCUT2D eigenvalue weighted by molar-refractivity contribution is -0.153. The fourth-order valence-electron chi connectivity index (χ4n) is 5.98. The number of nitrogens with one attached hydrogen (secondary N) is 2. The Hall–Kier alpha value is -2.65. The molecule has 1 aliphatic heterocycles. The Morgan fingerprint density at radius 2 is 1.67 bits per heavy atom. The van der Waals surface area contributed by atoms with Gasteiger partial charge in [-0.3, -0.25) is 23.5 Å². The lowest BCUT2D eigenvalue weighted by Crippen LogP contribution is -2.60. The first kappa shape index (κ1) is 39.8. The standard InChI is InChI=1S/C32H48Cl2N4O9S/c1-6-45-30(41)23-9-7-8-10-27(23)37-14-16-38(17-15-37)29(40)26(19-21-11-12-22(33)20-24(21)34)35-28(39)25(13-18-46-48(5,43)44)36-31(42)47-32(2,3)4/h11-12,20,23,25-27H,6-10,13-19H2,1-5H3,(H,35,39)(H,36,42)/t23-,25?,26?,27-/m1/s1. The summed E-state index contributed by atoms with van der Waals surface area (Å²) in [6, 6.07) is 2.49. The van der Waals surface area contributed by atoms with Crippen molar-refractivity contribution in [2.24, 2.45) is 5.92 Å². The topological polar surface area (TPSA) is 161 Å².